The minimum Gasteiger partial charge on any atom is -0.493 e. The Morgan fingerprint density at radius 3 is 2.20 bits per heavy atom. The van der Waals surface area contributed by atoms with Gasteiger partial charge in [0.05, 0.1) is 14.2 Å². The van der Waals surface area contributed by atoms with Gasteiger partial charge in [-0.2, -0.15) is 0 Å². The van der Waals surface area contributed by atoms with Gasteiger partial charge in [0.2, 0.25) is 12.0 Å². The van der Waals surface area contributed by atoms with Crippen LogP contribution in [0.25, 0.3) is 0 Å². The molecule has 0 atom stereocenters. The molecule has 108 valence electrons. The number of guanidine groups is 1. The Hall–Kier alpha value is -2.77. The van der Waals surface area contributed by atoms with Gasteiger partial charge in [-0.25, -0.2) is 0 Å². The second-order valence-corrected chi connectivity index (χ2v) is 3.66. The third-order valence-corrected chi connectivity index (χ3v) is 2.15. The number of nitrogens with zero attached hydrogens (tertiary/aromatic N) is 1. The van der Waals surface area contributed by atoms with E-state index in [1.54, 1.807) is 12.1 Å². The van der Waals surface area contributed by atoms with Gasteiger partial charge in [-0.05, 0) is 12.1 Å². The second kappa shape index (κ2) is 6.98. The number of carbonyl (C=O) groups excluding carboxylic acids is 1. The minimum atomic E-state index is -0.475. The number of hydrogen-bond donors (Lipinski definition) is 3. The standard InChI is InChI=1S/C12H16N4O4/c1-7(17)20-11-9(18-2)4-8(5-10(11)19-3)6-15-16-12(13)14/h4-6H,1-3H3,(H4,13,14,16)/p+1/b15-6+. The van der Waals surface area contributed by atoms with E-state index in [1.807, 2.05) is 0 Å². The number of nitrogens with two attached hydrogens (primary N) is 2. The lowest BCUT2D eigenvalue weighted by atomic mass is 10.2. The third kappa shape index (κ3) is 4.16. The molecule has 8 heteroatoms. The Balaban J connectivity index is 3.21. The first-order chi connectivity index (χ1) is 9.47. The van der Waals surface area contributed by atoms with Crippen LogP contribution in [0.5, 0.6) is 17.2 Å². The maximum absolute atomic E-state index is 11.1. The van der Waals surface area contributed by atoms with Crippen molar-refractivity contribution in [3.63, 3.8) is 0 Å². The first-order valence-electron chi connectivity index (χ1n) is 5.59. The highest BCUT2D eigenvalue weighted by Crippen LogP contribution is 2.38. The smallest absolute Gasteiger partial charge is 0.308 e. The Bertz CT molecular complexity index is 525. The number of esters is 1. The summed E-state index contributed by atoms with van der Waals surface area (Å²) in [6.07, 6.45) is 1.53. The molecule has 1 aromatic carbocycles. The first kappa shape index (κ1) is 15.3. The van der Waals surface area contributed by atoms with Gasteiger partial charge < -0.3 is 25.7 Å². The number of hydrazone groups is 1. The number of rotatable bonds is 5. The molecule has 0 saturated carbocycles. The summed E-state index contributed by atoms with van der Waals surface area (Å²) in [5.41, 5.74) is 11.0. The maximum Gasteiger partial charge on any atom is 0.308 e. The average molecular weight is 281 g/mol. The Kier molecular flexibility index (Phi) is 5.33. The Morgan fingerprint density at radius 1 is 1.25 bits per heavy atom. The van der Waals surface area contributed by atoms with Crippen LogP contribution >= 0.6 is 0 Å². The van der Waals surface area contributed by atoms with Crippen molar-refractivity contribution in [1.82, 2.24) is 0 Å². The number of ether oxygens (including phenoxy) is 3. The number of carbonyl (C=O) groups is 1. The summed E-state index contributed by atoms with van der Waals surface area (Å²) in [4.78, 5) is 11.1. The summed E-state index contributed by atoms with van der Waals surface area (Å²) in [5, 5.41) is 6.16. The fourth-order valence-corrected chi connectivity index (χ4v) is 1.41. The van der Waals surface area contributed by atoms with Crippen molar-refractivity contribution >= 4 is 18.1 Å². The van der Waals surface area contributed by atoms with Gasteiger partial charge in [0.1, 0.15) is 0 Å². The molecular formula is C12H17N4O4+. The average Bonchev–Trinajstić information content (AvgIpc) is 2.38. The molecule has 0 aromatic heterocycles. The summed E-state index contributed by atoms with van der Waals surface area (Å²) in [7, 11) is 2.91. The van der Waals surface area contributed by atoms with E-state index in [9.17, 15) is 4.79 Å². The molecule has 0 spiro atoms. The maximum atomic E-state index is 11.1. The fourth-order valence-electron chi connectivity index (χ4n) is 1.41. The van der Waals surface area contributed by atoms with Crippen molar-refractivity contribution in [1.29, 1.82) is 0 Å². The SMILES string of the molecule is COc1cc(/C=[NH+]/N=C(N)N)cc(OC)c1OC(C)=O. The molecular weight excluding hydrogens is 264 g/mol. The zero-order valence-electron chi connectivity index (χ0n) is 11.5. The van der Waals surface area contributed by atoms with E-state index in [4.69, 9.17) is 25.7 Å². The molecule has 0 aliphatic carbocycles. The molecule has 5 N–H and O–H groups in total. The van der Waals surface area contributed by atoms with Crippen molar-refractivity contribution in [2.24, 2.45) is 16.6 Å². The second-order valence-electron chi connectivity index (χ2n) is 3.66. The molecule has 0 aliphatic rings. The number of methoxy groups -OCH3 is 2. The van der Waals surface area contributed by atoms with Gasteiger partial charge in [-0.15, -0.1) is 5.10 Å². The molecule has 0 fully saturated rings. The number of nitrogens with one attached hydrogen (secondary N) is 1. The molecule has 0 unspecified atom stereocenters. The zero-order chi connectivity index (χ0) is 15.1. The predicted molar refractivity (Wildman–Crippen MR) is 72.8 cm³/mol. The van der Waals surface area contributed by atoms with Crippen LogP contribution in [0.3, 0.4) is 0 Å². The lowest BCUT2D eigenvalue weighted by molar-refractivity contribution is -0.456. The molecule has 0 bridgehead atoms. The van der Waals surface area contributed by atoms with Crippen LogP contribution < -0.4 is 30.8 Å². The third-order valence-electron chi connectivity index (χ3n) is 2.15. The highest BCUT2D eigenvalue weighted by molar-refractivity contribution is 5.80. The Morgan fingerprint density at radius 2 is 1.80 bits per heavy atom. The first-order valence-corrected chi connectivity index (χ1v) is 5.59. The molecule has 8 nitrogen and oxygen atoms in total. The van der Waals surface area contributed by atoms with Gasteiger partial charge in [0, 0.05) is 17.6 Å². The summed E-state index contributed by atoms with van der Waals surface area (Å²) in [6.45, 7) is 1.29. The quantitative estimate of drug-likeness (QED) is 0.195. The van der Waals surface area contributed by atoms with Crippen LogP contribution in [0.1, 0.15) is 12.5 Å². The summed E-state index contributed by atoms with van der Waals surface area (Å²) in [5.74, 6) is 0.324. The van der Waals surface area contributed by atoms with E-state index in [0.29, 0.717) is 17.1 Å². The highest BCUT2D eigenvalue weighted by Gasteiger charge is 2.16. The Labute approximate surface area is 116 Å². The molecule has 20 heavy (non-hydrogen) atoms. The van der Waals surface area contributed by atoms with Crippen LogP contribution in [0.4, 0.5) is 0 Å². The van der Waals surface area contributed by atoms with E-state index >= 15 is 0 Å². The van der Waals surface area contributed by atoms with Crippen LogP contribution in [0.15, 0.2) is 17.2 Å². The number of benzene rings is 1. The molecule has 0 amide bonds. The molecule has 1 rings (SSSR count). The summed E-state index contributed by atoms with van der Waals surface area (Å²) in [6, 6.07) is 3.27. The van der Waals surface area contributed by atoms with Crippen molar-refractivity contribution in [3.05, 3.63) is 17.7 Å². The van der Waals surface area contributed by atoms with Crippen molar-refractivity contribution < 1.29 is 24.1 Å². The van der Waals surface area contributed by atoms with Gasteiger partial charge in [0.25, 0.3) is 5.96 Å². The summed E-state index contributed by atoms with van der Waals surface area (Å²) >= 11 is 0. The lowest BCUT2D eigenvalue weighted by Gasteiger charge is -2.12. The van der Waals surface area contributed by atoms with E-state index < -0.39 is 5.97 Å². The normalized spacial score (nSPS) is 10.2. The van der Waals surface area contributed by atoms with Gasteiger partial charge in [0.15, 0.2) is 11.5 Å². The molecule has 1 aromatic rings. The van der Waals surface area contributed by atoms with E-state index in [2.05, 4.69) is 10.2 Å². The van der Waals surface area contributed by atoms with Crippen molar-refractivity contribution in [3.8, 4) is 17.2 Å². The fraction of sp³-hybridized carbons (Fsp3) is 0.250. The van der Waals surface area contributed by atoms with Gasteiger partial charge in [-0.1, -0.05) is 0 Å². The van der Waals surface area contributed by atoms with Crippen molar-refractivity contribution in [2.45, 2.75) is 6.92 Å². The van der Waals surface area contributed by atoms with E-state index in [1.165, 1.54) is 27.4 Å². The molecule has 0 radical (unpaired) electrons. The largest absolute Gasteiger partial charge is 0.493 e. The monoisotopic (exact) mass is 281 g/mol. The van der Waals surface area contributed by atoms with Crippen LogP contribution in [-0.2, 0) is 4.79 Å². The van der Waals surface area contributed by atoms with E-state index in [-0.39, 0.29) is 11.7 Å². The number of hydrogen-bond acceptors (Lipinski definition) is 5. The predicted octanol–water partition coefficient (Wildman–Crippen LogP) is -1.68. The molecule has 0 aliphatic heterocycles. The van der Waals surface area contributed by atoms with E-state index in [0.717, 1.165) is 0 Å². The summed E-state index contributed by atoms with van der Waals surface area (Å²) < 4.78 is 15.4. The highest BCUT2D eigenvalue weighted by atomic mass is 16.6. The topological polar surface area (TPSA) is 123 Å². The van der Waals surface area contributed by atoms with Gasteiger partial charge >= 0.3 is 5.97 Å². The lowest BCUT2D eigenvalue weighted by Crippen LogP contribution is -2.63. The van der Waals surface area contributed by atoms with Crippen LogP contribution in [0, 0.1) is 0 Å². The van der Waals surface area contributed by atoms with Crippen LogP contribution in [0.2, 0.25) is 0 Å². The minimum absolute atomic E-state index is 0.100. The van der Waals surface area contributed by atoms with Crippen molar-refractivity contribution in [2.75, 3.05) is 14.2 Å². The van der Waals surface area contributed by atoms with Gasteiger partial charge in [-0.3, -0.25) is 4.79 Å². The molecule has 0 saturated heterocycles. The van der Waals surface area contributed by atoms with Crippen LogP contribution in [-0.4, -0.2) is 32.4 Å². The molecule has 0 heterocycles. The zero-order valence-corrected chi connectivity index (χ0v) is 11.5.